The number of nitrogen functional groups attached to an aromatic ring is 1. The average molecular weight is 364 g/mol. The highest BCUT2D eigenvalue weighted by Crippen LogP contribution is 2.21. The molecule has 0 saturated carbocycles. The molecule has 0 aliphatic carbocycles. The van der Waals surface area contributed by atoms with E-state index in [1.807, 2.05) is 56.3 Å². The number of nitrogens with zero attached hydrogens (tertiary/aromatic N) is 1. The normalized spacial score (nSPS) is 11.5. The number of nitrogens with two attached hydrogens (primary N) is 1. The molecule has 2 amide bonds. The van der Waals surface area contributed by atoms with Gasteiger partial charge in [0.05, 0.1) is 6.07 Å². The van der Waals surface area contributed by atoms with Crippen molar-refractivity contribution in [3.63, 3.8) is 0 Å². The third-order valence-electron chi connectivity index (χ3n) is 4.06. The molecule has 0 aromatic heterocycles. The van der Waals surface area contributed by atoms with Crippen LogP contribution in [0.2, 0.25) is 0 Å². The summed E-state index contributed by atoms with van der Waals surface area (Å²) in [6.07, 6.45) is 0.493. The van der Waals surface area contributed by atoms with Gasteiger partial charge >= 0.3 is 0 Å². The zero-order valence-corrected chi connectivity index (χ0v) is 15.5. The van der Waals surface area contributed by atoms with E-state index in [2.05, 4.69) is 10.6 Å². The number of benzene rings is 2. The summed E-state index contributed by atoms with van der Waals surface area (Å²) in [4.78, 5) is 24.7. The third kappa shape index (κ3) is 5.86. The van der Waals surface area contributed by atoms with Crippen molar-refractivity contribution in [2.24, 2.45) is 5.92 Å². The van der Waals surface area contributed by atoms with Crippen LogP contribution in [0.15, 0.2) is 48.5 Å². The second-order valence-electron chi connectivity index (χ2n) is 6.73. The van der Waals surface area contributed by atoms with Gasteiger partial charge in [-0.1, -0.05) is 38.1 Å². The monoisotopic (exact) mass is 364 g/mol. The van der Waals surface area contributed by atoms with E-state index in [4.69, 9.17) is 11.0 Å². The van der Waals surface area contributed by atoms with E-state index in [9.17, 15) is 9.59 Å². The van der Waals surface area contributed by atoms with Crippen molar-refractivity contribution in [1.82, 2.24) is 10.6 Å². The summed E-state index contributed by atoms with van der Waals surface area (Å²) >= 11 is 0. The van der Waals surface area contributed by atoms with Crippen LogP contribution in [0.1, 0.15) is 30.6 Å². The summed E-state index contributed by atoms with van der Waals surface area (Å²) in [5.41, 5.74) is 8.84. The van der Waals surface area contributed by atoms with Crippen molar-refractivity contribution >= 4 is 17.5 Å². The Hall–Kier alpha value is -3.33. The van der Waals surface area contributed by atoms with Gasteiger partial charge < -0.3 is 16.4 Å². The summed E-state index contributed by atoms with van der Waals surface area (Å²) < 4.78 is 0. The molecule has 0 heterocycles. The molecule has 0 saturated heterocycles. The number of amides is 2. The smallest absolute Gasteiger partial charge is 0.251 e. The number of nitrogens with one attached hydrogen (secondary N) is 2. The van der Waals surface area contributed by atoms with Gasteiger partial charge in [-0.3, -0.25) is 9.59 Å². The Labute approximate surface area is 159 Å². The van der Waals surface area contributed by atoms with Crippen molar-refractivity contribution in [3.8, 4) is 17.2 Å². The van der Waals surface area contributed by atoms with Crippen LogP contribution in [0.5, 0.6) is 0 Å². The molecule has 0 aliphatic heterocycles. The highest BCUT2D eigenvalue weighted by Gasteiger charge is 2.22. The van der Waals surface area contributed by atoms with Crippen molar-refractivity contribution in [1.29, 1.82) is 5.26 Å². The average Bonchev–Trinajstić information content (AvgIpc) is 2.66. The number of hydrogen-bond donors (Lipinski definition) is 3. The van der Waals surface area contributed by atoms with E-state index < -0.39 is 6.04 Å². The molecule has 0 aliphatic rings. The molecule has 6 nitrogen and oxygen atoms in total. The summed E-state index contributed by atoms with van der Waals surface area (Å²) in [6, 6.07) is 15.8. The van der Waals surface area contributed by atoms with Gasteiger partial charge in [-0.15, -0.1) is 0 Å². The van der Waals surface area contributed by atoms with Gasteiger partial charge in [0.15, 0.2) is 0 Å². The topological polar surface area (TPSA) is 108 Å². The second-order valence-corrected chi connectivity index (χ2v) is 6.73. The molecule has 140 valence electrons. The first kappa shape index (κ1) is 20.0. The summed E-state index contributed by atoms with van der Waals surface area (Å²) in [6.45, 7) is 3.86. The number of hydrogen-bond acceptors (Lipinski definition) is 4. The third-order valence-corrected chi connectivity index (χ3v) is 4.06. The summed E-state index contributed by atoms with van der Waals surface area (Å²) in [5.74, 6) is -0.454. The van der Waals surface area contributed by atoms with Crippen LogP contribution in [-0.2, 0) is 4.79 Å². The minimum Gasteiger partial charge on any atom is -0.399 e. The Morgan fingerprint density at radius 3 is 2.11 bits per heavy atom. The minimum absolute atomic E-state index is 0.0837. The minimum atomic E-state index is -0.678. The second kappa shape index (κ2) is 9.39. The van der Waals surface area contributed by atoms with Crippen LogP contribution in [0, 0.1) is 17.2 Å². The number of anilines is 1. The Morgan fingerprint density at radius 2 is 1.59 bits per heavy atom. The zero-order chi connectivity index (χ0) is 19.8. The number of rotatable bonds is 7. The summed E-state index contributed by atoms with van der Waals surface area (Å²) in [7, 11) is 0. The maximum Gasteiger partial charge on any atom is 0.251 e. The molecule has 0 fully saturated rings. The molecule has 1 atom stereocenters. The maximum absolute atomic E-state index is 12.5. The molecule has 6 heteroatoms. The molecular weight excluding hydrogens is 340 g/mol. The largest absolute Gasteiger partial charge is 0.399 e. The Balaban J connectivity index is 2.09. The predicted molar refractivity (Wildman–Crippen MR) is 106 cm³/mol. The lowest BCUT2D eigenvalue weighted by molar-refractivity contribution is -0.123. The molecule has 0 radical (unpaired) electrons. The van der Waals surface area contributed by atoms with Crippen LogP contribution in [-0.4, -0.2) is 24.4 Å². The lowest BCUT2D eigenvalue weighted by Crippen LogP contribution is -2.47. The molecule has 0 unspecified atom stereocenters. The van der Waals surface area contributed by atoms with Gasteiger partial charge in [0, 0.05) is 11.3 Å². The molecule has 2 aromatic rings. The van der Waals surface area contributed by atoms with Gasteiger partial charge in [0.1, 0.15) is 12.6 Å². The van der Waals surface area contributed by atoms with Gasteiger partial charge in [-0.2, -0.15) is 5.26 Å². The highest BCUT2D eigenvalue weighted by atomic mass is 16.2. The van der Waals surface area contributed by atoms with E-state index in [0.717, 1.165) is 11.1 Å². The highest BCUT2D eigenvalue weighted by molar-refractivity contribution is 5.97. The quantitative estimate of drug-likeness (QED) is 0.518. The van der Waals surface area contributed by atoms with E-state index in [-0.39, 0.29) is 24.3 Å². The van der Waals surface area contributed by atoms with Crippen LogP contribution in [0.3, 0.4) is 0 Å². The fourth-order valence-electron chi connectivity index (χ4n) is 2.68. The van der Waals surface area contributed by atoms with Gasteiger partial charge in [-0.05, 0) is 47.7 Å². The van der Waals surface area contributed by atoms with E-state index in [1.54, 1.807) is 12.1 Å². The first-order valence-electron chi connectivity index (χ1n) is 8.82. The van der Waals surface area contributed by atoms with E-state index >= 15 is 0 Å². The van der Waals surface area contributed by atoms with Gasteiger partial charge in [0.2, 0.25) is 5.91 Å². The number of carbonyl (C=O) groups is 2. The Kier molecular flexibility index (Phi) is 6.95. The summed E-state index contributed by atoms with van der Waals surface area (Å²) in [5, 5.41) is 13.9. The van der Waals surface area contributed by atoms with Crippen molar-refractivity contribution in [2.75, 3.05) is 12.3 Å². The first-order valence-corrected chi connectivity index (χ1v) is 8.82. The zero-order valence-electron chi connectivity index (χ0n) is 15.5. The molecule has 2 rings (SSSR count). The molecule has 27 heavy (non-hydrogen) atoms. The fraction of sp³-hybridized carbons (Fsp3) is 0.286. The van der Waals surface area contributed by atoms with Crippen LogP contribution < -0.4 is 16.4 Å². The Morgan fingerprint density at radius 1 is 1.04 bits per heavy atom. The van der Waals surface area contributed by atoms with Crippen LogP contribution in [0.25, 0.3) is 11.1 Å². The Bertz CT molecular complexity index is 821. The molecule has 0 spiro atoms. The number of carbonyl (C=O) groups excluding carboxylic acids is 2. The lowest BCUT2D eigenvalue weighted by Gasteiger charge is -2.19. The molecule has 0 bridgehead atoms. The molecule has 4 N–H and O–H groups in total. The number of nitriles is 1. The van der Waals surface area contributed by atoms with Crippen LogP contribution >= 0.6 is 0 Å². The van der Waals surface area contributed by atoms with E-state index in [0.29, 0.717) is 17.7 Å². The van der Waals surface area contributed by atoms with Crippen molar-refractivity contribution in [3.05, 3.63) is 54.1 Å². The van der Waals surface area contributed by atoms with Crippen molar-refractivity contribution < 1.29 is 9.59 Å². The standard InChI is InChI=1S/C21H24N4O2/c1-14(2)13-19(21(27)24-12-11-22)25-20(26)17-5-3-15(4-6-17)16-7-9-18(23)10-8-16/h3-10,14,19H,12-13,23H2,1-2H3,(H,24,27)(H,25,26)/t19-/m0/s1. The molecule has 2 aromatic carbocycles. The van der Waals surface area contributed by atoms with Crippen LogP contribution in [0.4, 0.5) is 5.69 Å². The lowest BCUT2D eigenvalue weighted by atomic mass is 10.0. The van der Waals surface area contributed by atoms with Gasteiger partial charge in [0.25, 0.3) is 5.91 Å². The van der Waals surface area contributed by atoms with E-state index in [1.165, 1.54) is 0 Å². The predicted octanol–water partition coefficient (Wildman–Crippen LogP) is 2.72. The maximum atomic E-state index is 12.5. The SMILES string of the molecule is CC(C)C[C@H](NC(=O)c1ccc(-c2ccc(N)cc2)cc1)C(=O)NCC#N. The fourth-order valence-corrected chi connectivity index (χ4v) is 2.68. The first-order chi connectivity index (χ1) is 12.9. The molecular formula is C21H24N4O2. The van der Waals surface area contributed by atoms with Crippen molar-refractivity contribution in [2.45, 2.75) is 26.3 Å². The van der Waals surface area contributed by atoms with Gasteiger partial charge in [-0.25, -0.2) is 0 Å².